The molecule has 6 aromatic rings. The van der Waals surface area contributed by atoms with Crippen molar-refractivity contribution in [1.82, 2.24) is 15.6 Å². The van der Waals surface area contributed by atoms with Crippen LogP contribution in [0.4, 0.5) is 4.79 Å². The van der Waals surface area contributed by atoms with Gasteiger partial charge in [0.2, 0.25) is 11.8 Å². The zero-order valence-corrected chi connectivity index (χ0v) is 24.9. The maximum atomic E-state index is 13.9. The number of primary amides is 1. The third-order valence-corrected chi connectivity index (χ3v) is 8.28. The molecule has 0 radical (unpaired) electrons. The van der Waals surface area contributed by atoms with Gasteiger partial charge in [-0.25, -0.2) is 4.79 Å². The number of carbonyl (C=O) groups excluding carboxylic acids is 3. The number of fused-ring (bicyclic) bond motifs is 3. The van der Waals surface area contributed by atoms with Gasteiger partial charge in [0.1, 0.15) is 18.2 Å². The van der Waals surface area contributed by atoms with Crippen molar-refractivity contribution in [2.75, 3.05) is 0 Å². The molecule has 1 heterocycles. The van der Waals surface area contributed by atoms with E-state index in [4.69, 9.17) is 10.5 Å². The minimum absolute atomic E-state index is 0.00212. The zero-order chi connectivity index (χ0) is 31.4. The molecule has 1 aromatic heterocycles. The van der Waals surface area contributed by atoms with Crippen LogP contribution in [-0.4, -0.2) is 34.5 Å². The van der Waals surface area contributed by atoms with Gasteiger partial charge in [-0.3, -0.25) is 9.59 Å². The standard InChI is InChI=1S/C37H34N4O4/c1-37(35(38)43,21-24-11-3-2-4-12-24)41-34(42)33(20-27-22-39-32-18-10-9-17-30(27)32)40-36(44)45-23-31-28-15-7-5-13-25(28)19-26-14-6-8-16-29(26)31/h2-19,22,33,39H,20-21,23H2,1H3,(H2,38,43)(H,40,44)(H,41,42)/t33-,37?/m0/s1. The van der Waals surface area contributed by atoms with Crippen molar-refractivity contribution in [1.29, 1.82) is 0 Å². The summed E-state index contributed by atoms with van der Waals surface area (Å²) in [4.78, 5) is 43.1. The monoisotopic (exact) mass is 598 g/mol. The zero-order valence-electron chi connectivity index (χ0n) is 24.9. The minimum Gasteiger partial charge on any atom is -0.445 e. The Morgan fingerprint density at radius 3 is 2.09 bits per heavy atom. The number of carbonyl (C=O) groups is 3. The number of amides is 3. The Hall–Kier alpha value is -5.63. The molecule has 6 rings (SSSR count). The van der Waals surface area contributed by atoms with Crippen LogP contribution < -0.4 is 16.4 Å². The van der Waals surface area contributed by atoms with E-state index in [1.165, 1.54) is 0 Å². The molecule has 8 heteroatoms. The van der Waals surface area contributed by atoms with Gasteiger partial charge in [0.25, 0.3) is 0 Å². The lowest BCUT2D eigenvalue weighted by atomic mass is 9.91. The molecule has 0 fully saturated rings. The molecule has 0 bridgehead atoms. The molecular weight excluding hydrogens is 564 g/mol. The van der Waals surface area contributed by atoms with Crippen LogP contribution in [0.5, 0.6) is 0 Å². The van der Waals surface area contributed by atoms with Gasteiger partial charge in [-0.15, -0.1) is 0 Å². The predicted octanol–water partition coefficient (Wildman–Crippen LogP) is 5.91. The number of rotatable bonds is 10. The molecule has 0 aliphatic carbocycles. The fourth-order valence-electron chi connectivity index (χ4n) is 5.87. The van der Waals surface area contributed by atoms with Crippen molar-refractivity contribution in [3.8, 4) is 0 Å². The van der Waals surface area contributed by atoms with E-state index in [2.05, 4.69) is 21.7 Å². The van der Waals surface area contributed by atoms with Crippen LogP contribution in [-0.2, 0) is 33.8 Å². The number of alkyl carbamates (subject to hydrolysis) is 1. The Morgan fingerprint density at radius 2 is 1.42 bits per heavy atom. The lowest BCUT2D eigenvalue weighted by molar-refractivity contribution is -0.132. The molecule has 5 aromatic carbocycles. The summed E-state index contributed by atoms with van der Waals surface area (Å²) in [6.07, 6.45) is 1.41. The van der Waals surface area contributed by atoms with Crippen LogP contribution in [0.25, 0.3) is 32.4 Å². The fraction of sp³-hybridized carbons (Fsp3) is 0.162. The summed E-state index contributed by atoms with van der Waals surface area (Å²) in [5, 5.41) is 10.6. The molecule has 226 valence electrons. The summed E-state index contributed by atoms with van der Waals surface area (Å²) in [7, 11) is 0. The molecule has 2 atom stereocenters. The molecule has 45 heavy (non-hydrogen) atoms. The highest BCUT2D eigenvalue weighted by Gasteiger charge is 2.36. The lowest BCUT2D eigenvalue weighted by Gasteiger charge is -2.30. The first-order valence-corrected chi connectivity index (χ1v) is 14.8. The van der Waals surface area contributed by atoms with E-state index < -0.39 is 29.5 Å². The van der Waals surface area contributed by atoms with E-state index in [0.29, 0.717) is 0 Å². The van der Waals surface area contributed by atoms with E-state index in [1.807, 2.05) is 109 Å². The number of aromatic nitrogens is 1. The number of aromatic amines is 1. The number of nitrogens with two attached hydrogens (primary N) is 1. The third kappa shape index (κ3) is 6.35. The minimum atomic E-state index is -1.40. The van der Waals surface area contributed by atoms with Gasteiger partial charge in [-0.05, 0) is 51.7 Å². The van der Waals surface area contributed by atoms with Crippen molar-refractivity contribution in [2.24, 2.45) is 5.73 Å². The third-order valence-electron chi connectivity index (χ3n) is 8.28. The summed E-state index contributed by atoms with van der Waals surface area (Å²) in [6, 6.07) is 34.0. The average Bonchev–Trinajstić information content (AvgIpc) is 3.45. The fourth-order valence-corrected chi connectivity index (χ4v) is 5.87. The first kappa shape index (κ1) is 29.4. The van der Waals surface area contributed by atoms with E-state index in [-0.39, 0.29) is 19.4 Å². The van der Waals surface area contributed by atoms with Crippen LogP contribution in [0.1, 0.15) is 23.6 Å². The van der Waals surface area contributed by atoms with Crippen molar-refractivity contribution in [2.45, 2.75) is 38.0 Å². The molecule has 3 amide bonds. The van der Waals surface area contributed by atoms with Crippen LogP contribution >= 0.6 is 0 Å². The molecule has 5 N–H and O–H groups in total. The van der Waals surface area contributed by atoms with Crippen molar-refractivity contribution in [3.63, 3.8) is 0 Å². The number of ether oxygens (including phenoxy) is 1. The first-order chi connectivity index (χ1) is 21.8. The Balaban J connectivity index is 1.26. The Morgan fingerprint density at radius 1 is 0.822 bits per heavy atom. The van der Waals surface area contributed by atoms with Gasteiger partial charge in [-0.1, -0.05) is 97.1 Å². The Bertz CT molecular complexity index is 1970. The van der Waals surface area contributed by atoms with Crippen LogP contribution in [0.2, 0.25) is 0 Å². The summed E-state index contributed by atoms with van der Waals surface area (Å²) < 4.78 is 5.78. The largest absolute Gasteiger partial charge is 0.445 e. The SMILES string of the molecule is CC(Cc1ccccc1)(NC(=O)[C@H](Cc1c[nH]c2ccccc12)NC(=O)OCc1c2ccccc2cc2ccccc12)C(N)=O. The second-order valence-electron chi connectivity index (χ2n) is 11.5. The topological polar surface area (TPSA) is 126 Å². The van der Waals surface area contributed by atoms with Crippen LogP contribution in [0.15, 0.2) is 115 Å². The first-order valence-electron chi connectivity index (χ1n) is 14.8. The van der Waals surface area contributed by atoms with Crippen LogP contribution in [0, 0.1) is 0 Å². The van der Waals surface area contributed by atoms with E-state index >= 15 is 0 Å². The quantitative estimate of drug-likeness (QED) is 0.146. The van der Waals surface area contributed by atoms with E-state index in [0.717, 1.165) is 49.1 Å². The van der Waals surface area contributed by atoms with E-state index in [1.54, 1.807) is 6.92 Å². The summed E-state index contributed by atoms with van der Waals surface area (Å²) in [6.45, 7) is 1.59. The van der Waals surface area contributed by atoms with Crippen molar-refractivity contribution >= 4 is 50.4 Å². The number of nitrogens with one attached hydrogen (secondary N) is 3. The molecule has 8 nitrogen and oxygen atoms in total. The van der Waals surface area contributed by atoms with Crippen molar-refractivity contribution in [3.05, 3.63) is 132 Å². The number of hydrogen-bond donors (Lipinski definition) is 4. The van der Waals surface area contributed by atoms with Crippen molar-refractivity contribution < 1.29 is 19.1 Å². The van der Waals surface area contributed by atoms with Crippen LogP contribution in [0.3, 0.4) is 0 Å². The second kappa shape index (κ2) is 12.5. The highest BCUT2D eigenvalue weighted by molar-refractivity contribution is 6.02. The molecule has 0 saturated carbocycles. The second-order valence-corrected chi connectivity index (χ2v) is 11.5. The normalized spacial score (nSPS) is 13.3. The molecular formula is C37H34N4O4. The highest BCUT2D eigenvalue weighted by Crippen LogP contribution is 2.29. The van der Waals surface area contributed by atoms with Gasteiger partial charge in [-0.2, -0.15) is 0 Å². The average molecular weight is 599 g/mol. The van der Waals surface area contributed by atoms with Gasteiger partial charge in [0, 0.05) is 35.5 Å². The highest BCUT2D eigenvalue weighted by atomic mass is 16.5. The smallest absolute Gasteiger partial charge is 0.408 e. The molecule has 0 aliphatic rings. The van der Waals surface area contributed by atoms with Gasteiger partial charge < -0.3 is 26.1 Å². The number of hydrogen-bond acceptors (Lipinski definition) is 4. The molecule has 1 unspecified atom stereocenters. The molecule has 0 aliphatic heterocycles. The van der Waals surface area contributed by atoms with Gasteiger partial charge >= 0.3 is 6.09 Å². The number of para-hydroxylation sites is 1. The van der Waals surface area contributed by atoms with Gasteiger partial charge in [0.05, 0.1) is 0 Å². The Kier molecular flexibility index (Phi) is 8.20. The summed E-state index contributed by atoms with van der Waals surface area (Å²) in [5.74, 6) is -1.24. The predicted molar refractivity (Wildman–Crippen MR) is 176 cm³/mol. The maximum Gasteiger partial charge on any atom is 0.408 e. The Labute approximate surface area is 260 Å². The summed E-state index contributed by atoms with van der Waals surface area (Å²) >= 11 is 0. The van der Waals surface area contributed by atoms with Gasteiger partial charge in [0.15, 0.2) is 0 Å². The number of benzene rings is 5. The maximum absolute atomic E-state index is 13.9. The van der Waals surface area contributed by atoms with E-state index in [9.17, 15) is 14.4 Å². The molecule has 0 spiro atoms. The summed E-state index contributed by atoms with van der Waals surface area (Å²) in [5.41, 5.74) is 7.86. The molecule has 0 saturated heterocycles. The lowest BCUT2D eigenvalue weighted by Crippen LogP contribution is -2.61. The number of H-pyrrole nitrogens is 1.